The number of hydrogen-bond donors (Lipinski definition) is 0. The monoisotopic (exact) mass is 183 g/mol. The molecule has 0 N–H and O–H groups in total. The first kappa shape index (κ1) is 5.03. The molecule has 1 rings (SSSR count). The first-order valence-corrected chi connectivity index (χ1v) is 2.85. The maximum atomic E-state index is 3.07. The topological polar surface area (TPSA) is 0 Å². The van der Waals surface area contributed by atoms with Crippen LogP contribution in [-0.4, -0.2) is 0 Å². The predicted octanol–water partition coefficient (Wildman–Crippen LogP) is 0.859. The predicted molar refractivity (Wildman–Crippen MR) is 26.1 cm³/mol. The Kier molecular flexibility index (Phi) is 1.62. The van der Waals surface area contributed by atoms with Crippen molar-refractivity contribution in [3.8, 4) is 0 Å². The molecule has 0 fully saturated rings. The zero-order chi connectivity index (χ0) is 5.11. The van der Waals surface area contributed by atoms with Crippen molar-refractivity contribution in [2.45, 2.75) is 0 Å². The fourth-order valence-corrected chi connectivity index (χ4v) is 0.702. The van der Waals surface area contributed by atoms with E-state index in [0.717, 1.165) is 0 Å². The molecule has 0 aromatic heterocycles. The zero-order valence-electron chi connectivity index (χ0n) is 3.70. The molecule has 0 radical (unpaired) electrons. The van der Waals surface area contributed by atoms with Crippen molar-refractivity contribution in [3.63, 3.8) is 0 Å². The summed E-state index contributed by atoms with van der Waals surface area (Å²) in [5.74, 6) is 0. The Balaban J connectivity index is 3.02. The van der Waals surface area contributed by atoms with E-state index in [1.54, 1.807) is 0 Å². The van der Waals surface area contributed by atoms with Crippen molar-refractivity contribution in [2.75, 3.05) is 0 Å². The van der Waals surface area contributed by atoms with Crippen LogP contribution in [0.4, 0.5) is 0 Å². The summed E-state index contributed by atoms with van der Waals surface area (Å²) in [5, 5.41) is 0. The number of rotatable bonds is 0. The van der Waals surface area contributed by atoms with E-state index in [1.807, 2.05) is 30.3 Å². The van der Waals surface area contributed by atoms with Gasteiger partial charge in [0.05, 0.1) is 0 Å². The number of benzene rings is 1. The van der Waals surface area contributed by atoms with Crippen molar-refractivity contribution in [1.29, 1.82) is 0 Å². The molecule has 0 atom stereocenters. The molecule has 0 heterocycles. The summed E-state index contributed by atoms with van der Waals surface area (Å²) in [5.41, 5.74) is 0. The molecule has 0 aliphatic heterocycles. The van der Waals surface area contributed by atoms with E-state index >= 15 is 0 Å². The van der Waals surface area contributed by atoms with Crippen LogP contribution < -0.4 is 4.04 Å². The van der Waals surface area contributed by atoms with Gasteiger partial charge in [-0.05, 0) is 0 Å². The zero-order valence-corrected chi connectivity index (χ0v) is 5.26. The third kappa shape index (κ3) is 1.43. The quantitative estimate of drug-likeness (QED) is 0.524. The van der Waals surface area contributed by atoms with Gasteiger partial charge in [-0.15, -0.1) is 0 Å². The van der Waals surface area contributed by atoms with E-state index < -0.39 is 0 Å². The van der Waals surface area contributed by atoms with Gasteiger partial charge in [0.25, 0.3) is 0 Å². The Hall–Kier alpha value is -0.118. The van der Waals surface area contributed by atoms with E-state index in [0.29, 0.717) is 0 Å². The Morgan fingerprint density at radius 3 is 1.86 bits per heavy atom. The SMILES string of the molecule is [Pd][c]1ccccc1. The second kappa shape index (κ2) is 2.26. The second-order valence-corrected chi connectivity index (χ2v) is 2.16. The minimum atomic E-state index is 1.17. The summed E-state index contributed by atoms with van der Waals surface area (Å²) >= 11 is 3.07. The van der Waals surface area contributed by atoms with Crippen molar-refractivity contribution < 1.29 is 19.2 Å². The normalized spacial score (nSPS) is 8.86. The molecule has 0 amide bonds. The van der Waals surface area contributed by atoms with Crippen LogP contribution >= 0.6 is 0 Å². The van der Waals surface area contributed by atoms with Crippen molar-refractivity contribution in [3.05, 3.63) is 30.3 Å². The van der Waals surface area contributed by atoms with Crippen LogP contribution in [0.1, 0.15) is 0 Å². The summed E-state index contributed by atoms with van der Waals surface area (Å²) < 4.78 is 1.17. The van der Waals surface area contributed by atoms with Gasteiger partial charge in [0, 0.05) is 0 Å². The molecule has 0 nitrogen and oxygen atoms in total. The van der Waals surface area contributed by atoms with E-state index in [-0.39, 0.29) is 0 Å². The molecule has 0 spiro atoms. The summed E-state index contributed by atoms with van der Waals surface area (Å²) in [7, 11) is 0. The van der Waals surface area contributed by atoms with Crippen LogP contribution in [0, 0.1) is 0 Å². The molecule has 0 saturated carbocycles. The van der Waals surface area contributed by atoms with Crippen molar-refractivity contribution in [2.24, 2.45) is 0 Å². The Bertz CT molecular complexity index is 134. The van der Waals surface area contributed by atoms with Crippen LogP contribution in [-0.2, 0) is 19.2 Å². The van der Waals surface area contributed by atoms with Gasteiger partial charge >= 0.3 is 53.6 Å². The summed E-state index contributed by atoms with van der Waals surface area (Å²) in [6, 6.07) is 10.0. The Morgan fingerprint density at radius 1 is 1.00 bits per heavy atom. The van der Waals surface area contributed by atoms with Crippen LogP contribution in [0.2, 0.25) is 0 Å². The molecular weight excluding hydrogens is 178 g/mol. The average Bonchev–Trinajstić information content (AvgIpc) is 1.69. The maximum absolute atomic E-state index is 3.07. The molecule has 0 aliphatic rings. The van der Waals surface area contributed by atoms with Gasteiger partial charge in [-0.3, -0.25) is 0 Å². The molecule has 7 heavy (non-hydrogen) atoms. The molecular formula is C6H5Pd. The molecule has 1 heteroatoms. The van der Waals surface area contributed by atoms with Crippen LogP contribution in [0.5, 0.6) is 0 Å². The first-order chi connectivity index (χ1) is 3.39. The van der Waals surface area contributed by atoms with Crippen LogP contribution in [0.15, 0.2) is 30.3 Å². The van der Waals surface area contributed by atoms with Crippen molar-refractivity contribution >= 4 is 4.04 Å². The van der Waals surface area contributed by atoms with E-state index in [1.165, 1.54) is 4.04 Å². The van der Waals surface area contributed by atoms with Gasteiger partial charge in [0.1, 0.15) is 0 Å². The standard InChI is InChI=1S/C6H5.Pd/c1-2-4-6-5-3-1;/h1-5H;. The molecule has 0 saturated heterocycles. The van der Waals surface area contributed by atoms with E-state index in [9.17, 15) is 0 Å². The molecule has 1 aromatic carbocycles. The summed E-state index contributed by atoms with van der Waals surface area (Å²) in [6.07, 6.45) is 0. The van der Waals surface area contributed by atoms with Gasteiger partial charge in [-0.25, -0.2) is 0 Å². The average molecular weight is 184 g/mol. The molecule has 0 aliphatic carbocycles. The van der Waals surface area contributed by atoms with Gasteiger partial charge in [0.2, 0.25) is 0 Å². The minimum absolute atomic E-state index is 1.17. The summed E-state index contributed by atoms with van der Waals surface area (Å²) in [4.78, 5) is 0. The third-order valence-corrected chi connectivity index (χ3v) is 1.23. The first-order valence-electron chi connectivity index (χ1n) is 2.07. The van der Waals surface area contributed by atoms with Crippen molar-refractivity contribution in [1.82, 2.24) is 0 Å². The second-order valence-electron chi connectivity index (χ2n) is 1.26. The van der Waals surface area contributed by atoms with Gasteiger partial charge < -0.3 is 0 Å². The molecule has 39 valence electrons. The fraction of sp³-hybridized carbons (Fsp3) is 0. The Labute approximate surface area is 54.0 Å². The van der Waals surface area contributed by atoms with E-state index in [2.05, 4.69) is 19.2 Å². The molecule has 1 aromatic rings. The molecule has 0 unspecified atom stereocenters. The Morgan fingerprint density at radius 2 is 1.57 bits per heavy atom. The molecule has 0 bridgehead atoms. The van der Waals surface area contributed by atoms with E-state index in [4.69, 9.17) is 0 Å². The van der Waals surface area contributed by atoms with Crippen LogP contribution in [0.25, 0.3) is 0 Å². The van der Waals surface area contributed by atoms with Gasteiger partial charge in [-0.1, -0.05) is 0 Å². The number of hydrogen-bond acceptors (Lipinski definition) is 0. The van der Waals surface area contributed by atoms with Gasteiger partial charge in [-0.2, -0.15) is 0 Å². The third-order valence-electron chi connectivity index (χ3n) is 0.713. The van der Waals surface area contributed by atoms with Gasteiger partial charge in [0.15, 0.2) is 0 Å². The summed E-state index contributed by atoms with van der Waals surface area (Å²) in [6.45, 7) is 0. The fourth-order valence-electron chi connectivity index (χ4n) is 0.403. The van der Waals surface area contributed by atoms with Crippen LogP contribution in [0.3, 0.4) is 0 Å².